The fraction of sp³-hybridized carbons (Fsp3) is 0.263. The highest BCUT2D eigenvalue weighted by molar-refractivity contribution is 7.94. The molecule has 10 heteroatoms. The second-order valence-electron chi connectivity index (χ2n) is 7.17. The van der Waals surface area contributed by atoms with E-state index in [1.54, 1.807) is 26.0 Å². The van der Waals surface area contributed by atoms with Gasteiger partial charge in [-0.1, -0.05) is 23.2 Å². The number of carbonyl (C=O) groups excluding carboxylic acids is 2. The van der Waals surface area contributed by atoms with E-state index in [1.165, 1.54) is 31.4 Å². The second kappa shape index (κ2) is 7.51. The molecule has 0 aliphatic carbocycles. The molecule has 1 aliphatic rings. The summed E-state index contributed by atoms with van der Waals surface area (Å²) in [5.41, 5.74) is -0.700. The van der Waals surface area contributed by atoms with Crippen molar-refractivity contribution in [3.05, 3.63) is 52.0 Å². The third kappa shape index (κ3) is 4.05. The Balaban J connectivity index is 1.99. The number of carbonyl (C=O) groups is 2. The van der Waals surface area contributed by atoms with Crippen molar-refractivity contribution in [3.63, 3.8) is 0 Å². The Labute approximate surface area is 178 Å². The van der Waals surface area contributed by atoms with E-state index in [0.717, 1.165) is 0 Å². The zero-order chi connectivity index (χ0) is 21.6. The molecule has 1 saturated heterocycles. The standard InChI is InChI=1S/C19H18Cl2N2O5S/c1-19(2)10-29(26,27)23(18(19)25)15-8-11(4-6-13(15)21)17(24)22-14-9-12(20)5-7-16(14)28-3/h4-9H,10H2,1-3H3,(H,22,24). The van der Waals surface area contributed by atoms with Gasteiger partial charge in [-0.3, -0.25) is 9.59 Å². The molecule has 3 rings (SSSR count). The number of halogens is 2. The zero-order valence-electron chi connectivity index (χ0n) is 15.8. The van der Waals surface area contributed by atoms with Crippen LogP contribution in [-0.2, 0) is 14.8 Å². The minimum absolute atomic E-state index is 0.0384. The number of sulfonamides is 1. The van der Waals surface area contributed by atoms with Gasteiger partial charge in [-0.2, -0.15) is 0 Å². The van der Waals surface area contributed by atoms with Crippen molar-refractivity contribution < 1.29 is 22.7 Å². The van der Waals surface area contributed by atoms with Gasteiger partial charge in [0.1, 0.15) is 5.75 Å². The van der Waals surface area contributed by atoms with E-state index in [4.69, 9.17) is 27.9 Å². The van der Waals surface area contributed by atoms with Crippen molar-refractivity contribution in [2.24, 2.45) is 5.41 Å². The molecule has 1 heterocycles. The van der Waals surface area contributed by atoms with Crippen LogP contribution < -0.4 is 14.4 Å². The van der Waals surface area contributed by atoms with Gasteiger partial charge >= 0.3 is 0 Å². The zero-order valence-corrected chi connectivity index (χ0v) is 18.2. The molecular formula is C19H18Cl2N2O5S. The number of rotatable bonds is 4. The first-order chi connectivity index (χ1) is 13.5. The number of hydrogen-bond acceptors (Lipinski definition) is 5. The Morgan fingerprint density at radius 2 is 1.86 bits per heavy atom. The predicted octanol–water partition coefficient (Wildman–Crippen LogP) is 3.96. The van der Waals surface area contributed by atoms with Gasteiger partial charge in [-0.05, 0) is 50.2 Å². The van der Waals surface area contributed by atoms with Gasteiger partial charge in [-0.15, -0.1) is 0 Å². The van der Waals surface area contributed by atoms with E-state index in [1.807, 2.05) is 0 Å². The second-order valence-corrected chi connectivity index (χ2v) is 9.84. The van der Waals surface area contributed by atoms with Crippen LogP contribution in [0, 0.1) is 5.41 Å². The summed E-state index contributed by atoms with van der Waals surface area (Å²) in [5.74, 6) is -1.10. The third-order valence-corrected chi connectivity index (χ3v) is 6.98. The van der Waals surface area contributed by atoms with Gasteiger partial charge in [0.25, 0.3) is 5.91 Å². The average molecular weight is 457 g/mol. The minimum atomic E-state index is -3.91. The summed E-state index contributed by atoms with van der Waals surface area (Å²) in [5, 5.41) is 3.10. The number of anilines is 2. The number of methoxy groups -OCH3 is 1. The van der Waals surface area contributed by atoms with Crippen molar-refractivity contribution in [2.75, 3.05) is 22.5 Å². The number of amides is 2. The highest BCUT2D eigenvalue weighted by atomic mass is 35.5. The molecule has 1 aliphatic heterocycles. The van der Waals surface area contributed by atoms with Crippen molar-refractivity contribution in [2.45, 2.75) is 13.8 Å². The highest BCUT2D eigenvalue weighted by Gasteiger charge is 2.50. The number of nitrogens with one attached hydrogen (secondary N) is 1. The summed E-state index contributed by atoms with van der Waals surface area (Å²) in [6, 6.07) is 8.80. The van der Waals surface area contributed by atoms with Crippen LogP contribution in [0.4, 0.5) is 11.4 Å². The molecular weight excluding hydrogens is 439 g/mol. The van der Waals surface area contributed by atoms with Crippen LogP contribution in [-0.4, -0.2) is 33.1 Å². The topological polar surface area (TPSA) is 92.8 Å². The highest BCUT2D eigenvalue weighted by Crippen LogP contribution is 2.39. The average Bonchev–Trinajstić information content (AvgIpc) is 2.78. The van der Waals surface area contributed by atoms with Crippen molar-refractivity contribution in [3.8, 4) is 5.75 Å². The maximum atomic E-state index is 12.7. The fourth-order valence-electron chi connectivity index (χ4n) is 3.02. The Bertz CT molecular complexity index is 1120. The normalized spacial score (nSPS) is 17.3. The molecule has 2 aromatic carbocycles. The molecule has 0 aromatic heterocycles. The summed E-state index contributed by atoms with van der Waals surface area (Å²) in [6.45, 7) is 3.09. The van der Waals surface area contributed by atoms with Crippen LogP contribution in [0.5, 0.6) is 5.75 Å². The summed E-state index contributed by atoms with van der Waals surface area (Å²) in [4.78, 5) is 25.4. The lowest BCUT2D eigenvalue weighted by atomic mass is 9.95. The Hall–Kier alpha value is -2.29. The van der Waals surface area contributed by atoms with Crippen LogP contribution in [0.2, 0.25) is 10.0 Å². The quantitative estimate of drug-likeness (QED) is 0.751. The molecule has 0 radical (unpaired) electrons. The molecule has 154 valence electrons. The van der Waals surface area contributed by atoms with Gasteiger partial charge < -0.3 is 10.1 Å². The molecule has 0 atom stereocenters. The smallest absolute Gasteiger partial charge is 0.255 e. The van der Waals surface area contributed by atoms with Crippen molar-refractivity contribution >= 4 is 56.4 Å². The molecule has 1 N–H and O–H groups in total. The molecule has 7 nitrogen and oxygen atoms in total. The van der Waals surface area contributed by atoms with Crippen LogP contribution >= 0.6 is 23.2 Å². The van der Waals surface area contributed by atoms with Gasteiger partial charge in [0.05, 0.1) is 34.7 Å². The Morgan fingerprint density at radius 1 is 1.17 bits per heavy atom. The fourth-order valence-corrected chi connectivity index (χ4v) is 5.56. The number of ether oxygens (including phenoxy) is 1. The van der Waals surface area contributed by atoms with Gasteiger partial charge in [0.15, 0.2) is 0 Å². The number of hydrogen-bond donors (Lipinski definition) is 1. The lowest BCUT2D eigenvalue weighted by molar-refractivity contribution is -0.123. The van der Waals surface area contributed by atoms with Gasteiger partial charge in [0.2, 0.25) is 15.9 Å². The number of nitrogens with zero attached hydrogens (tertiary/aromatic N) is 1. The van der Waals surface area contributed by atoms with Gasteiger partial charge in [0, 0.05) is 10.6 Å². The maximum absolute atomic E-state index is 12.7. The first-order valence-electron chi connectivity index (χ1n) is 8.48. The van der Waals surface area contributed by atoms with E-state index in [9.17, 15) is 18.0 Å². The Kier molecular flexibility index (Phi) is 5.55. The van der Waals surface area contributed by atoms with Crippen LogP contribution in [0.25, 0.3) is 0 Å². The van der Waals surface area contributed by atoms with Crippen molar-refractivity contribution in [1.82, 2.24) is 0 Å². The summed E-state index contributed by atoms with van der Waals surface area (Å²) < 4.78 is 31.0. The molecule has 0 saturated carbocycles. The van der Waals surface area contributed by atoms with Crippen LogP contribution in [0.1, 0.15) is 24.2 Å². The first kappa shape index (κ1) is 21.4. The monoisotopic (exact) mass is 456 g/mol. The summed E-state index contributed by atoms with van der Waals surface area (Å²) >= 11 is 12.1. The molecule has 0 unspecified atom stereocenters. The SMILES string of the molecule is COc1ccc(Cl)cc1NC(=O)c1ccc(Cl)c(N2C(=O)C(C)(C)CS2(=O)=O)c1. The van der Waals surface area contributed by atoms with Crippen molar-refractivity contribution in [1.29, 1.82) is 0 Å². The molecule has 0 spiro atoms. The van der Waals surface area contributed by atoms with E-state index in [0.29, 0.717) is 20.8 Å². The Morgan fingerprint density at radius 3 is 2.45 bits per heavy atom. The minimum Gasteiger partial charge on any atom is -0.495 e. The lowest BCUT2D eigenvalue weighted by Gasteiger charge is -2.19. The molecule has 29 heavy (non-hydrogen) atoms. The molecule has 0 bridgehead atoms. The van der Waals surface area contributed by atoms with Crippen LogP contribution in [0.15, 0.2) is 36.4 Å². The largest absolute Gasteiger partial charge is 0.495 e. The summed E-state index contributed by atoms with van der Waals surface area (Å²) in [7, 11) is -2.46. The maximum Gasteiger partial charge on any atom is 0.255 e. The van der Waals surface area contributed by atoms with E-state index >= 15 is 0 Å². The lowest BCUT2D eigenvalue weighted by Crippen LogP contribution is -2.33. The predicted molar refractivity (Wildman–Crippen MR) is 112 cm³/mol. The molecule has 1 fully saturated rings. The van der Waals surface area contributed by atoms with E-state index < -0.39 is 27.3 Å². The molecule has 2 aromatic rings. The van der Waals surface area contributed by atoms with Crippen LogP contribution in [0.3, 0.4) is 0 Å². The van der Waals surface area contributed by atoms with Gasteiger partial charge in [-0.25, -0.2) is 12.7 Å². The number of benzene rings is 2. The van der Waals surface area contributed by atoms with E-state index in [2.05, 4.69) is 5.32 Å². The third-order valence-electron chi connectivity index (χ3n) is 4.42. The summed E-state index contributed by atoms with van der Waals surface area (Å²) in [6.07, 6.45) is 0. The first-order valence-corrected chi connectivity index (χ1v) is 10.8. The van der Waals surface area contributed by atoms with E-state index in [-0.39, 0.29) is 22.0 Å². The molecule has 2 amide bonds.